The molecular formula is C27H30N2O5. The van der Waals surface area contributed by atoms with Crippen LogP contribution in [-0.2, 0) is 29.0 Å². The zero-order valence-corrected chi connectivity index (χ0v) is 19.6. The Labute approximate surface area is 199 Å². The van der Waals surface area contributed by atoms with Crippen molar-refractivity contribution >= 4 is 11.9 Å². The van der Waals surface area contributed by atoms with Crippen molar-refractivity contribution in [3.8, 4) is 5.75 Å². The molecule has 178 valence electrons. The van der Waals surface area contributed by atoms with E-state index in [4.69, 9.17) is 14.4 Å². The van der Waals surface area contributed by atoms with E-state index < -0.39 is 11.9 Å². The van der Waals surface area contributed by atoms with Crippen LogP contribution in [-0.4, -0.2) is 33.6 Å². The molecule has 1 N–H and O–H groups in total. The van der Waals surface area contributed by atoms with Crippen molar-refractivity contribution in [1.29, 1.82) is 0 Å². The van der Waals surface area contributed by atoms with Crippen molar-refractivity contribution in [3.05, 3.63) is 82.7 Å². The van der Waals surface area contributed by atoms with Crippen molar-refractivity contribution in [2.24, 2.45) is 5.92 Å². The highest BCUT2D eigenvalue weighted by molar-refractivity contribution is 5.79. The SMILES string of the molecule is Cc1ccccc1COc1ccc(CC(=O)N2CCCC2c2cc(CC(C)C(=O)O)on2)cc1. The van der Waals surface area contributed by atoms with Crippen LogP contribution in [0.3, 0.4) is 0 Å². The normalized spacial score (nSPS) is 16.4. The molecule has 0 aliphatic carbocycles. The number of carbonyl (C=O) groups excluding carboxylic acids is 1. The highest BCUT2D eigenvalue weighted by Crippen LogP contribution is 2.32. The van der Waals surface area contributed by atoms with Crippen LogP contribution in [0.5, 0.6) is 5.75 Å². The van der Waals surface area contributed by atoms with E-state index in [1.807, 2.05) is 41.3 Å². The number of benzene rings is 2. The number of carbonyl (C=O) groups is 2. The number of aryl methyl sites for hydroxylation is 1. The fourth-order valence-corrected chi connectivity index (χ4v) is 4.26. The first-order valence-corrected chi connectivity index (χ1v) is 11.6. The number of aromatic nitrogens is 1. The van der Waals surface area contributed by atoms with E-state index in [2.05, 4.69) is 24.2 Å². The number of rotatable bonds is 9. The molecule has 0 radical (unpaired) electrons. The number of carboxylic acids is 1. The second-order valence-electron chi connectivity index (χ2n) is 8.94. The van der Waals surface area contributed by atoms with E-state index in [1.54, 1.807) is 13.0 Å². The van der Waals surface area contributed by atoms with Crippen LogP contribution in [0.2, 0.25) is 0 Å². The fourth-order valence-electron chi connectivity index (χ4n) is 4.26. The molecule has 0 saturated carbocycles. The average Bonchev–Trinajstić information content (AvgIpc) is 3.49. The third-order valence-corrected chi connectivity index (χ3v) is 6.35. The number of ether oxygens (including phenoxy) is 1. The van der Waals surface area contributed by atoms with Gasteiger partial charge in [-0.05, 0) is 48.6 Å². The van der Waals surface area contributed by atoms with Crippen LogP contribution < -0.4 is 4.74 Å². The molecule has 3 aromatic rings. The Morgan fingerprint density at radius 2 is 1.97 bits per heavy atom. The number of carboxylic acid groups (broad SMARTS) is 1. The summed E-state index contributed by atoms with van der Waals surface area (Å²) >= 11 is 0. The molecule has 7 heteroatoms. The lowest BCUT2D eigenvalue weighted by Gasteiger charge is -2.23. The van der Waals surface area contributed by atoms with Gasteiger partial charge in [0.1, 0.15) is 23.8 Å². The van der Waals surface area contributed by atoms with Gasteiger partial charge in [0, 0.05) is 19.0 Å². The summed E-state index contributed by atoms with van der Waals surface area (Å²) in [5.74, 6) is -0.0813. The van der Waals surface area contributed by atoms with Gasteiger partial charge in [-0.3, -0.25) is 9.59 Å². The molecule has 1 amide bonds. The molecular weight excluding hydrogens is 432 g/mol. The molecule has 7 nitrogen and oxygen atoms in total. The molecule has 1 saturated heterocycles. The van der Waals surface area contributed by atoms with Crippen LogP contribution in [0.1, 0.15) is 54.0 Å². The Morgan fingerprint density at radius 1 is 1.21 bits per heavy atom. The first-order chi connectivity index (χ1) is 16.4. The minimum absolute atomic E-state index is 0.0412. The fraction of sp³-hybridized carbons (Fsp3) is 0.370. The molecule has 1 aromatic heterocycles. The molecule has 0 spiro atoms. The summed E-state index contributed by atoms with van der Waals surface area (Å²) in [4.78, 5) is 26.0. The maximum Gasteiger partial charge on any atom is 0.306 e. The summed E-state index contributed by atoms with van der Waals surface area (Å²) in [6.07, 6.45) is 2.30. The summed E-state index contributed by atoms with van der Waals surface area (Å²) in [6, 6.07) is 17.4. The third-order valence-electron chi connectivity index (χ3n) is 6.35. The zero-order valence-electron chi connectivity index (χ0n) is 19.6. The summed E-state index contributed by atoms with van der Waals surface area (Å²) in [5, 5.41) is 13.2. The summed E-state index contributed by atoms with van der Waals surface area (Å²) < 4.78 is 11.3. The minimum Gasteiger partial charge on any atom is -0.489 e. The minimum atomic E-state index is -0.873. The van der Waals surface area contributed by atoms with E-state index in [0.717, 1.165) is 29.7 Å². The predicted octanol–water partition coefficient (Wildman–Crippen LogP) is 4.73. The van der Waals surface area contributed by atoms with Crippen LogP contribution >= 0.6 is 0 Å². The number of nitrogens with zero attached hydrogens (tertiary/aromatic N) is 2. The Balaban J connectivity index is 1.34. The molecule has 0 bridgehead atoms. The Morgan fingerprint density at radius 3 is 2.71 bits per heavy atom. The number of likely N-dealkylation sites (tertiary alicyclic amines) is 1. The molecule has 1 aliphatic rings. The van der Waals surface area contributed by atoms with Crippen molar-refractivity contribution in [1.82, 2.24) is 10.1 Å². The van der Waals surface area contributed by atoms with Gasteiger partial charge in [-0.15, -0.1) is 0 Å². The van der Waals surface area contributed by atoms with E-state index in [-0.39, 0.29) is 18.4 Å². The van der Waals surface area contributed by atoms with E-state index in [0.29, 0.717) is 31.0 Å². The molecule has 2 heterocycles. The van der Waals surface area contributed by atoms with Gasteiger partial charge in [0.2, 0.25) is 5.91 Å². The van der Waals surface area contributed by atoms with Crippen molar-refractivity contribution in [2.45, 2.75) is 52.2 Å². The zero-order chi connectivity index (χ0) is 24.1. The van der Waals surface area contributed by atoms with Gasteiger partial charge in [-0.25, -0.2) is 0 Å². The van der Waals surface area contributed by atoms with Gasteiger partial charge in [0.15, 0.2) is 0 Å². The smallest absolute Gasteiger partial charge is 0.306 e. The predicted molar refractivity (Wildman–Crippen MR) is 126 cm³/mol. The van der Waals surface area contributed by atoms with Crippen LogP contribution in [0.15, 0.2) is 59.1 Å². The average molecular weight is 463 g/mol. The maximum atomic E-state index is 13.1. The number of amides is 1. The molecule has 2 aromatic carbocycles. The molecule has 4 rings (SSSR count). The van der Waals surface area contributed by atoms with Gasteiger partial charge >= 0.3 is 5.97 Å². The van der Waals surface area contributed by atoms with E-state index >= 15 is 0 Å². The lowest BCUT2D eigenvalue weighted by atomic mass is 10.0. The van der Waals surface area contributed by atoms with Crippen LogP contribution in [0, 0.1) is 12.8 Å². The Hall–Kier alpha value is -3.61. The summed E-state index contributed by atoms with van der Waals surface area (Å²) in [5.41, 5.74) is 3.96. The standard InChI is InChI=1S/C27H30N2O5/c1-18-6-3-4-7-21(18)17-33-22-11-9-20(10-12-22)15-26(30)29-13-5-8-25(29)24-16-23(34-28-24)14-19(2)27(31)32/h3-4,6-7,9-12,16,19,25H,5,8,13-15,17H2,1-2H3,(H,31,32). The summed E-state index contributed by atoms with van der Waals surface area (Å²) in [6.45, 7) is 4.88. The lowest BCUT2D eigenvalue weighted by Crippen LogP contribution is -2.32. The monoisotopic (exact) mass is 462 g/mol. The number of hydrogen-bond acceptors (Lipinski definition) is 5. The lowest BCUT2D eigenvalue weighted by molar-refractivity contribution is -0.141. The van der Waals surface area contributed by atoms with Gasteiger partial charge in [0.05, 0.1) is 18.4 Å². The number of aliphatic carboxylic acids is 1. The quantitative estimate of drug-likeness (QED) is 0.494. The second-order valence-corrected chi connectivity index (χ2v) is 8.94. The second kappa shape index (κ2) is 10.5. The maximum absolute atomic E-state index is 13.1. The van der Waals surface area contributed by atoms with Gasteiger partial charge < -0.3 is 19.3 Å². The van der Waals surface area contributed by atoms with E-state index in [9.17, 15) is 9.59 Å². The van der Waals surface area contributed by atoms with Gasteiger partial charge in [-0.2, -0.15) is 0 Å². The van der Waals surface area contributed by atoms with Crippen molar-refractivity contribution in [3.63, 3.8) is 0 Å². The van der Waals surface area contributed by atoms with E-state index in [1.165, 1.54) is 5.56 Å². The Kier molecular flexibility index (Phi) is 7.30. The number of hydrogen-bond donors (Lipinski definition) is 1. The van der Waals surface area contributed by atoms with Gasteiger partial charge in [0.25, 0.3) is 0 Å². The largest absolute Gasteiger partial charge is 0.489 e. The molecule has 34 heavy (non-hydrogen) atoms. The Bertz CT molecular complexity index is 1140. The first kappa shape index (κ1) is 23.5. The highest BCUT2D eigenvalue weighted by Gasteiger charge is 2.32. The topological polar surface area (TPSA) is 92.9 Å². The molecule has 2 unspecified atom stereocenters. The van der Waals surface area contributed by atoms with Crippen LogP contribution in [0.4, 0.5) is 0 Å². The first-order valence-electron chi connectivity index (χ1n) is 11.6. The van der Waals surface area contributed by atoms with Crippen molar-refractivity contribution in [2.75, 3.05) is 6.54 Å². The highest BCUT2D eigenvalue weighted by atomic mass is 16.5. The molecule has 1 aliphatic heterocycles. The third kappa shape index (κ3) is 5.65. The van der Waals surface area contributed by atoms with Crippen LogP contribution in [0.25, 0.3) is 0 Å². The molecule has 2 atom stereocenters. The van der Waals surface area contributed by atoms with Gasteiger partial charge in [-0.1, -0.05) is 48.5 Å². The molecule has 1 fully saturated rings. The van der Waals surface area contributed by atoms with Crippen molar-refractivity contribution < 1.29 is 24.0 Å². The summed E-state index contributed by atoms with van der Waals surface area (Å²) in [7, 11) is 0.